The Morgan fingerprint density at radius 2 is 1.84 bits per heavy atom. The standard InChI is InChI=1S/C23H25N5O2S/c1-16(29)26-18-4-8-20(9-5-18)31-23-21(24)15-25-22(27-23)14-17-2-6-19(7-3-17)28-10-12-30-13-11-28/h2-9,15H,10-14,24H2,1H3,(H,26,29). The molecule has 1 fully saturated rings. The molecular formula is C23H25N5O2S. The molecule has 1 aliphatic rings. The van der Waals surface area contributed by atoms with Crippen LogP contribution in [0.25, 0.3) is 0 Å². The van der Waals surface area contributed by atoms with Crippen molar-refractivity contribution in [1.82, 2.24) is 9.97 Å². The number of nitrogens with two attached hydrogens (primary N) is 1. The van der Waals surface area contributed by atoms with Crippen LogP contribution in [0.15, 0.2) is 64.6 Å². The summed E-state index contributed by atoms with van der Waals surface area (Å²) in [4.78, 5) is 23.6. The van der Waals surface area contributed by atoms with Crippen LogP contribution < -0.4 is 16.0 Å². The summed E-state index contributed by atoms with van der Waals surface area (Å²) < 4.78 is 5.42. The molecular weight excluding hydrogens is 410 g/mol. The van der Waals surface area contributed by atoms with Crippen molar-refractivity contribution in [2.45, 2.75) is 23.3 Å². The second-order valence-corrected chi connectivity index (χ2v) is 8.36. The average Bonchev–Trinajstić information content (AvgIpc) is 2.78. The molecule has 0 aliphatic carbocycles. The Hall–Kier alpha value is -3.10. The highest BCUT2D eigenvalue weighted by atomic mass is 32.2. The fourth-order valence-corrected chi connectivity index (χ4v) is 4.14. The molecule has 3 aromatic rings. The van der Waals surface area contributed by atoms with E-state index in [4.69, 9.17) is 10.5 Å². The highest BCUT2D eigenvalue weighted by molar-refractivity contribution is 7.99. The molecule has 0 unspecified atom stereocenters. The lowest BCUT2D eigenvalue weighted by atomic mass is 10.1. The predicted octanol–water partition coefficient (Wildman–Crippen LogP) is 3.60. The number of nitrogen functional groups attached to an aromatic ring is 1. The van der Waals surface area contributed by atoms with E-state index in [1.807, 2.05) is 24.3 Å². The first-order valence-electron chi connectivity index (χ1n) is 10.2. The van der Waals surface area contributed by atoms with Crippen LogP contribution in [-0.2, 0) is 16.0 Å². The highest BCUT2D eigenvalue weighted by Gasteiger charge is 2.12. The van der Waals surface area contributed by atoms with Crippen LogP contribution in [0.2, 0.25) is 0 Å². The van der Waals surface area contributed by atoms with E-state index in [0.717, 1.165) is 53.3 Å². The summed E-state index contributed by atoms with van der Waals surface area (Å²) in [6.45, 7) is 4.89. The zero-order chi connectivity index (χ0) is 21.6. The molecule has 0 bridgehead atoms. The number of carbonyl (C=O) groups is 1. The van der Waals surface area contributed by atoms with Crippen molar-refractivity contribution in [2.75, 3.05) is 42.3 Å². The van der Waals surface area contributed by atoms with Crippen molar-refractivity contribution >= 4 is 34.7 Å². The summed E-state index contributed by atoms with van der Waals surface area (Å²) in [7, 11) is 0. The fraction of sp³-hybridized carbons (Fsp3) is 0.261. The number of benzene rings is 2. The number of anilines is 3. The third kappa shape index (κ3) is 5.74. The van der Waals surface area contributed by atoms with E-state index >= 15 is 0 Å². The molecule has 2 aromatic carbocycles. The molecule has 0 spiro atoms. The van der Waals surface area contributed by atoms with E-state index in [1.54, 1.807) is 6.20 Å². The van der Waals surface area contributed by atoms with Gasteiger partial charge in [0.05, 0.1) is 25.1 Å². The molecule has 1 aromatic heterocycles. The van der Waals surface area contributed by atoms with E-state index in [1.165, 1.54) is 24.4 Å². The van der Waals surface area contributed by atoms with Crippen LogP contribution in [-0.4, -0.2) is 42.2 Å². The molecule has 2 heterocycles. The Kier molecular flexibility index (Phi) is 6.69. The van der Waals surface area contributed by atoms with Crippen molar-refractivity contribution < 1.29 is 9.53 Å². The summed E-state index contributed by atoms with van der Waals surface area (Å²) in [5.41, 5.74) is 9.77. The normalized spacial score (nSPS) is 13.8. The Labute approximate surface area is 186 Å². The second-order valence-electron chi connectivity index (χ2n) is 7.30. The van der Waals surface area contributed by atoms with Crippen molar-refractivity contribution in [3.8, 4) is 0 Å². The van der Waals surface area contributed by atoms with Gasteiger partial charge in [-0.2, -0.15) is 0 Å². The van der Waals surface area contributed by atoms with Crippen LogP contribution >= 0.6 is 11.8 Å². The SMILES string of the molecule is CC(=O)Nc1ccc(Sc2nc(Cc3ccc(N4CCOCC4)cc3)ncc2N)cc1. The smallest absolute Gasteiger partial charge is 0.221 e. The van der Waals surface area contributed by atoms with Gasteiger partial charge in [0.15, 0.2) is 0 Å². The number of hydrogen-bond donors (Lipinski definition) is 2. The summed E-state index contributed by atoms with van der Waals surface area (Å²) in [5, 5.41) is 3.48. The number of rotatable bonds is 6. The number of aromatic nitrogens is 2. The molecule has 4 rings (SSSR count). The summed E-state index contributed by atoms with van der Waals surface area (Å²) >= 11 is 1.48. The molecule has 8 heteroatoms. The molecule has 1 amide bonds. The van der Waals surface area contributed by atoms with Gasteiger partial charge in [0.25, 0.3) is 0 Å². The van der Waals surface area contributed by atoms with Crippen LogP contribution in [0, 0.1) is 0 Å². The van der Waals surface area contributed by atoms with Crippen molar-refractivity contribution in [1.29, 1.82) is 0 Å². The number of nitrogens with zero attached hydrogens (tertiary/aromatic N) is 3. The first-order valence-corrected chi connectivity index (χ1v) is 11.0. The third-order valence-electron chi connectivity index (χ3n) is 4.89. The first-order chi connectivity index (χ1) is 15.1. The Morgan fingerprint density at radius 1 is 1.13 bits per heavy atom. The number of morpholine rings is 1. The predicted molar refractivity (Wildman–Crippen MR) is 124 cm³/mol. The van der Waals surface area contributed by atoms with Gasteiger partial charge in [-0.3, -0.25) is 4.79 Å². The van der Waals surface area contributed by atoms with Crippen molar-refractivity contribution in [3.05, 3.63) is 66.1 Å². The highest BCUT2D eigenvalue weighted by Crippen LogP contribution is 2.31. The first kappa shape index (κ1) is 21.1. The van der Waals surface area contributed by atoms with Gasteiger partial charge in [-0.1, -0.05) is 23.9 Å². The van der Waals surface area contributed by atoms with Crippen molar-refractivity contribution in [2.24, 2.45) is 0 Å². The minimum atomic E-state index is -0.0944. The monoisotopic (exact) mass is 435 g/mol. The van der Waals surface area contributed by atoms with E-state index in [2.05, 4.69) is 44.5 Å². The molecule has 1 aliphatic heterocycles. The van der Waals surface area contributed by atoms with Crippen LogP contribution in [0.5, 0.6) is 0 Å². The maximum absolute atomic E-state index is 11.2. The molecule has 160 valence electrons. The molecule has 7 nitrogen and oxygen atoms in total. The molecule has 31 heavy (non-hydrogen) atoms. The van der Waals surface area contributed by atoms with Gasteiger partial charge in [0, 0.05) is 42.7 Å². The Bertz CT molecular complexity index is 1030. The van der Waals surface area contributed by atoms with Crippen molar-refractivity contribution in [3.63, 3.8) is 0 Å². The average molecular weight is 436 g/mol. The topological polar surface area (TPSA) is 93.4 Å². The Balaban J connectivity index is 1.43. The van der Waals surface area contributed by atoms with E-state index < -0.39 is 0 Å². The van der Waals surface area contributed by atoms with Crippen LogP contribution in [0.4, 0.5) is 17.1 Å². The maximum Gasteiger partial charge on any atom is 0.221 e. The Morgan fingerprint density at radius 3 is 2.52 bits per heavy atom. The van der Waals surface area contributed by atoms with E-state index in [9.17, 15) is 4.79 Å². The zero-order valence-electron chi connectivity index (χ0n) is 17.4. The molecule has 0 saturated carbocycles. The van der Waals surface area contributed by atoms with Crippen LogP contribution in [0.3, 0.4) is 0 Å². The molecule has 0 atom stereocenters. The van der Waals surface area contributed by atoms with E-state index in [0.29, 0.717) is 12.1 Å². The zero-order valence-corrected chi connectivity index (χ0v) is 18.2. The lowest BCUT2D eigenvalue weighted by molar-refractivity contribution is -0.114. The quantitative estimate of drug-likeness (QED) is 0.572. The second kappa shape index (κ2) is 9.80. The number of amides is 1. The van der Waals surface area contributed by atoms with Gasteiger partial charge in [0.2, 0.25) is 5.91 Å². The molecule has 3 N–H and O–H groups in total. The number of carbonyl (C=O) groups excluding carboxylic acids is 1. The largest absolute Gasteiger partial charge is 0.395 e. The van der Waals surface area contributed by atoms with Crippen LogP contribution in [0.1, 0.15) is 18.3 Å². The fourth-order valence-electron chi connectivity index (χ4n) is 3.33. The molecule has 0 radical (unpaired) electrons. The third-order valence-corrected chi connectivity index (χ3v) is 5.92. The lowest BCUT2D eigenvalue weighted by Crippen LogP contribution is -2.36. The summed E-state index contributed by atoms with van der Waals surface area (Å²) in [5.74, 6) is 0.633. The number of nitrogens with one attached hydrogen (secondary N) is 1. The minimum absolute atomic E-state index is 0.0944. The van der Waals surface area contributed by atoms with Gasteiger partial charge >= 0.3 is 0 Å². The van der Waals surface area contributed by atoms with Gasteiger partial charge in [-0.05, 0) is 42.0 Å². The maximum atomic E-state index is 11.2. The lowest BCUT2D eigenvalue weighted by Gasteiger charge is -2.28. The number of ether oxygens (including phenoxy) is 1. The minimum Gasteiger partial charge on any atom is -0.395 e. The van der Waals surface area contributed by atoms with Gasteiger partial charge in [0.1, 0.15) is 10.9 Å². The summed E-state index contributed by atoms with van der Waals surface area (Å²) in [6, 6.07) is 16.1. The van der Waals surface area contributed by atoms with Gasteiger partial charge < -0.3 is 20.7 Å². The van der Waals surface area contributed by atoms with E-state index in [-0.39, 0.29) is 5.91 Å². The molecule has 1 saturated heterocycles. The van der Waals surface area contributed by atoms with Gasteiger partial charge in [-0.15, -0.1) is 0 Å². The van der Waals surface area contributed by atoms with Gasteiger partial charge in [-0.25, -0.2) is 9.97 Å². The number of hydrogen-bond acceptors (Lipinski definition) is 7. The summed E-state index contributed by atoms with van der Waals surface area (Å²) in [6.07, 6.45) is 2.30.